The van der Waals surface area contributed by atoms with Crippen LogP contribution in [0.1, 0.15) is 50.5 Å². The highest BCUT2D eigenvalue weighted by atomic mass is 32.1. The molecule has 156 valence electrons. The second kappa shape index (κ2) is 10.2. The van der Waals surface area contributed by atoms with E-state index in [2.05, 4.69) is 10.2 Å². The summed E-state index contributed by atoms with van der Waals surface area (Å²) in [5, 5.41) is 4.33. The zero-order valence-corrected chi connectivity index (χ0v) is 18.3. The summed E-state index contributed by atoms with van der Waals surface area (Å²) in [4.78, 5) is 2.42. The molecule has 1 aliphatic heterocycles. The van der Waals surface area contributed by atoms with E-state index in [4.69, 9.17) is 26.4 Å². The molecule has 3 rings (SSSR count). The molecule has 2 aliphatic rings. The molecule has 1 aromatic rings. The largest absolute Gasteiger partial charge is 0.493 e. The number of rotatable bonds is 9. The van der Waals surface area contributed by atoms with Gasteiger partial charge in [0.05, 0.1) is 21.3 Å². The fraction of sp³-hybridized carbons (Fsp3) is 0.682. The van der Waals surface area contributed by atoms with Gasteiger partial charge in [-0.3, -0.25) is 0 Å². The first-order chi connectivity index (χ1) is 13.7. The van der Waals surface area contributed by atoms with Gasteiger partial charge in [0, 0.05) is 19.1 Å². The van der Waals surface area contributed by atoms with Crippen LogP contribution < -0.4 is 19.5 Å². The molecule has 1 saturated carbocycles. The number of ether oxygens (including phenoxy) is 3. The Kier molecular flexibility index (Phi) is 7.65. The van der Waals surface area contributed by atoms with Crippen molar-refractivity contribution in [3.8, 4) is 17.2 Å². The quantitative estimate of drug-likeness (QED) is 0.621. The van der Waals surface area contributed by atoms with Crippen LogP contribution in [-0.4, -0.2) is 50.5 Å². The van der Waals surface area contributed by atoms with Crippen molar-refractivity contribution in [2.75, 3.05) is 34.4 Å². The van der Waals surface area contributed by atoms with Gasteiger partial charge in [-0.1, -0.05) is 32.1 Å². The zero-order valence-electron chi connectivity index (χ0n) is 17.5. The number of nitrogens with one attached hydrogen (secondary N) is 1. The highest BCUT2D eigenvalue weighted by Gasteiger charge is 2.30. The average Bonchev–Trinajstić information content (AvgIpc) is 3.07. The summed E-state index contributed by atoms with van der Waals surface area (Å²) in [6.07, 6.45) is 10.3. The lowest BCUT2D eigenvalue weighted by molar-refractivity contribution is 0.249. The fourth-order valence-electron chi connectivity index (χ4n) is 4.62. The molecule has 1 N–H and O–H groups in total. The second-order valence-corrected chi connectivity index (χ2v) is 8.30. The third kappa shape index (κ3) is 5.02. The van der Waals surface area contributed by atoms with Crippen molar-refractivity contribution in [3.05, 3.63) is 17.7 Å². The number of methoxy groups -OCH3 is 3. The molecule has 0 spiro atoms. The van der Waals surface area contributed by atoms with Gasteiger partial charge in [0.15, 0.2) is 16.6 Å². The van der Waals surface area contributed by atoms with E-state index in [-0.39, 0.29) is 0 Å². The molecule has 1 heterocycles. The number of benzene rings is 1. The summed E-state index contributed by atoms with van der Waals surface area (Å²) < 4.78 is 16.4. The van der Waals surface area contributed by atoms with E-state index >= 15 is 0 Å². The maximum atomic E-state index is 5.59. The summed E-state index contributed by atoms with van der Waals surface area (Å²) in [7, 11) is 4.95. The minimum absolute atomic E-state index is 0.551. The van der Waals surface area contributed by atoms with Crippen molar-refractivity contribution in [1.82, 2.24) is 10.2 Å². The van der Waals surface area contributed by atoms with Crippen molar-refractivity contribution in [2.45, 2.75) is 57.4 Å². The van der Waals surface area contributed by atoms with Crippen LogP contribution >= 0.6 is 12.2 Å². The Morgan fingerprint density at radius 3 is 2.32 bits per heavy atom. The topological polar surface area (TPSA) is 43.0 Å². The molecular formula is C22H34N2O3S. The minimum atomic E-state index is 0.551. The van der Waals surface area contributed by atoms with Crippen molar-refractivity contribution in [1.29, 1.82) is 0 Å². The Labute approximate surface area is 174 Å². The Hall–Kier alpha value is -1.69. The van der Waals surface area contributed by atoms with Crippen LogP contribution in [0.3, 0.4) is 0 Å². The molecule has 0 aromatic heterocycles. The Bertz CT molecular complexity index is 636. The molecule has 5 nitrogen and oxygen atoms in total. The number of aryl methyl sites for hydroxylation is 1. The molecule has 0 unspecified atom stereocenters. The first-order valence-electron chi connectivity index (χ1n) is 10.5. The van der Waals surface area contributed by atoms with Crippen molar-refractivity contribution >= 4 is 17.3 Å². The van der Waals surface area contributed by atoms with E-state index in [0.717, 1.165) is 37.0 Å². The first kappa shape index (κ1) is 21.0. The first-order valence-corrected chi connectivity index (χ1v) is 10.9. The summed E-state index contributed by atoms with van der Waals surface area (Å²) in [6.45, 7) is 1.99. The van der Waals surface area contributed by atoms with Crippen LogP contribution in [0, 0.1) is 5.92 Å². The monoisotopic (exact) mass is 406 g/mol. The summed E-state index contributed by atoms with van der Waals surface area (Å²) >= 11 is 5.59. The standard InChI is InChI=1S/C22H34N2O3S/c1-25-19-13-17(14-20(26-2)21(19)27-3)10-7-11-24-18(15-23-22(24)28)12-16-8-5-4-6-9-16/h13-14,16,18H,4-12,15H2,1-3H3,(H,23,28)/t18-/m0/s1. The average molecular weight is 407 g/mol. The van der Waals surface area contributed by atoms with Gasteiger partial charge in [-0.05, 0) is 55.1 Å². The number of thiocarbonyl (C=S) groups is 1. The van der Waals surface area contributed by atoms with Crippen LogP contribution in [0.4, 0.5) is 0 Å². The lowest BCUT2D eigenvalue weighted by atomic mass is 9.84. The SMILES string of the molecule is COc1cc(CCCN2C(=S)NC[C@@H]2CC2CCCCC2)cc(OC)c1OC. The molecule has 1 aromatic carbocycles. The zero-order chi connectivity index (χ0) is 19.9. The predicted molar refractivity (Wildman–Crippen MR) is 117 cm³/mol. The summed E-state index contributed by atoms with van der Waals surface area (Å²) in [5.41, 5.74) is 1.19. The van der Waals surface area contributed by atoms with Crippen LogP contribution in [0.5, 0.6) is 17.2 Å². The third-order valence-electron chi connectivity index (χ3n) is 6.11. The molecule has 0 bridgehead atoms. The van der Waals surface area contributed by atoms with E-state index < -0.39 is 0 Å². The van der Waals surface area contributed by atoms with Crippen LogP contribution in [0.2, 0.25) is 0 Å². The van der Waals surface area contributed by atoms with Gasteiger partial charge >= 0.3 is 0 Å². The Balaban J connectivity index is 1.57. The Morgan fingerprint density at radius 2 is 1.71 bits per heavy atom. The Morgan fingerprint density at radius 1 is 1.04 bits per heavy atom. The molecule has 2 fully saturated rings. The molecule has 1 aliphatic carbocycles. The van der Waals surface area contributed by atoms with E-state index in [0.29, 0.717) is 23.3 Å². The van der Waals surface area contributed by atoms with Crippen LogP contribution in [0.25, 0.3) is 0 Å². The van der Waals surface area contributed by atoms with Gasteiger partial charge in [-0.25, -0.2) is 0 Å². The van der Waals surface area contributed by atoms with Crippen molar-refractivity contribution in [3.63, 3.8) is 0 Å². The van der Waals surface area contributed by atoms with Crippen molar-refractivity contribution in [2.24, 2.45) is 5.92 Å². The number of hydrogen-bond donors (Lipinski definition) is 1. The lowest BCUT2D eigenvalue weighted by Crippen LogP contribution is -2.36. The van der Waals surface area contributed by atoms with Gasteiger partial charge < -0.3 is 24.4 Å². The van der Waals surface area contributed by atoms with E-state index in [9.17, 15) is 0 Å². The fourth-order valence-corrected chi connectivity index (χ4v) is 4.94. The van der Waals surface area contributed by atoms with E-state index in [1.54, 1.807) is 21.3 Å². The number of hydrogen-bond acceptors (Lipinski definition) is 4. The van der Waals surface area contributed by atoms with Crippen LogP contribution in [-0.2, 0) is 6.42 Å². The van der Waals surface area contributed by atoms with Crippen molar-refractivity contribution < 1.29 is 14.2 Å². The minimum Gasteiger partial charge on any atom is -0.493 e. The van der Waals surface area contributed by atoms with Gasteiger partial charge in [0.1, 0.15) is 0 Å². The molecular weight excluding hydrogens is 372 g/mol. The third-order valence-corrected chi connectivity index (χ3v) is 6.49. The van der Waals surface area contributed by atoms with E-state index in [1.807, 2.05) is 12.1 Å². The van der Waals surface area contributed by atoms with Gasteiger partial charge in [-0.2, -0.15) is 0 Å². The molecule has 1 atom stereocenters. The summed E-state index contributed by atoms with van der Waals surface area (Å²) in [5.74, 6) is 2.95. The number of nitrogens with zero attached hydrogens (tertiary/aromatic N) is 1. The molecule has 28 heavy (non-hydrogen) atoms. The highest BCUT2D eigenvalue weighted by molar-refractivity contribution is 7.80. The molecule has 0 radical (unpaired) electrons. The predicted octanol–water partition coefficient (Wildman–Crippen LogP) is 4.17. The lowest BCUT2D eigenvalue weighted by Gasteiger charge is -2.30. The van der Waals surface area contributed by atoms with Crippen LogP contribution in [0.15, 0.2) is 12.1 Å². The molecule has 6 heteroatoms. The van der Waals surface area contributed by atoms with Gasteiger partial charge in [-0.15, -0.1) is 0 Å². The smallest absolute Gasteiger partial charge is 0.203 e. The van der Waals surface area contributed by atoms with Gasteiger partial charge in [0.2, 0.25) is 5.75 Å². The highest BCUT2D eigenvalue weighted by Crippen LogP contribution is 2.38. The van der Waals surface area contributed by atoms with E-state index in [1.165, 1.54) is 44.1 Å². The second-order valence-electron chi connectivity index (χ2n) is 7.91. The maximum absolute atomic E-state index is 5.59. The molecule has 1 saturated heterocycles. The summed E-state index contributed by atoms with van der Waals surface area (Å²) in [6, 6.07) is 4.64. The maximum Gasteiger partial charge on any atom is 0.203 e. The molecule has 0 amide bonds. The normalized spacial score (nSPS) is 20.2. The van der Waals surface area contributed by atoms with Gasteiger partial charge in [0.25, 0.3) is 0 Å².